The van der Waals surface area contributed by atoms with Crippen molar-refractivity contribution in [2.45, 2.75) is 18.9 Å². The maximum absolute atomic E-state index is 11.9. The maximum Gasteiger partial charge on any atom is 0.257 e. The summed E-state index contributed by atoms with van der Waals surface area (Å²) in [4.78, 5) is 11.9. The summed E-state index contributed by atoms with van der Waals surface area (Å²) in [7, 11) is 0. The predicted molar refractivity (Wildman–Crippen MR) is 81.2 cm³/mol. The Morgan fingerprint density at radius 2 is 2.37 bits per heavy atom. The first-order valence-corrected chi connectivity index (χ1v) is 7.31. The molecule has 1 aliphatic heterocycles. The first-order valence-electron chi connectivity index (χ1n) is 6.11. The molecule has 1 atom stereocenters. The summed E-state index contributed by atoms with van der Waals surface area (Å²) in [6.07, 6.45) is 2.32. The fourth-order valence-corrected chi connectivity index (χ4v) is 2.44. The molecule has 0 bridgehead atoms. The normalized spacial score (nSPS) is 18.1. The van der Waals surface area contributed by atoms with Crippen molar-refractivity contribution in [1.82, 2.24) is 10.6 Å². The summed E-state index contributed by atoms with van der Waals surface area (Å²) < 4.78 is 6.33. The zero-order valence-electron chi connectivity index (χ0n) is 10.3. The molecule has 1 aromatic rings. The molecule has 1 fully saturated rings. The molecule has 1 heterocycles. The van der Waals surface area contributed by atoms with E-state index in [0.717, 1.165) is 23.9 Å². The minimum Gasteiger partial charge on any atom is -0.376 e. The Morgan fingerprint density at radius 3 is 3.05 bits per heavy atom. The summed E-state index contributed by atoms with van der Waals surface area (Å²) in [6.45, 7) is 1.45. The zero-order chi connectivity index (χ0) is 13.7. The van der Waals surface area contributed by atoms with Gasteiger partial charge in [0, 0.05) is 23.2 Å². The Balaban J connectivity index is 1.79. The maximum atomic E-state index is 11.9. The molecular weight excluding hydrogens is 328 g/mol. The number of carbonyl (C=O) groups is 1. The lowest BCUT2D eigenvalue weighted by Gasteiger charge is -2.13. The lowest BCUT2D eigenvalue weighted by molar-refractivity contribution is 0.0973. The third kappa shape index (κ3) is 4.56. The van der Waals surface area contributed by atoms with Crippen molar-refractivity contribution in [3.63, 3.8) is 0 Å². The van der Waals surface area contributed by atoms with Gasteiger partial charge in [0.1, 0.15) is 0 Å². The molecule has 1 amide bonds. The smallest absolute Gasteiger partial charge is 0.257 e. The van der Waals surface area contributed by atoms with E-state index < -0.39 is 0 Å². The van der Waals surface area contributed by atoms with Crippen molar-refractivity contribution in [2.75, 3.05) is 13.2 Å². The topological polar surface area (TPSA) is 50.4 Å². The lowest BCUT2D eigenvalue weighted by atomic mass is 10.2. The Hall–Kier alpha value is -0.980. The van der Waals surface area contributed by atoms with E-state index in [1.54, 1.807) is 12.1 Å². The Morgan fingerprint density at radius 1 is 1.53 bits per heavy atom. The number of ether oxygens (including phenoxy) is 1. The van der Waals surface area contributed by atoms with Crippen LogP contribution in [-0.4, -0.2) is 30.3 Å². The minimum atomic E-state index is -0.217. The van der Waals surface area contributed by atoms with Crippen LogP contribution in [0.4, 0.5) is 0 Å². The highest BCUT2D eigenvalue weighted by Gasteiger charge is 2.16. The second-order valence-corrected chi connectivity index (χ2v) is 5.63. The number of thiocarbonyl (C=S) groups is 1. The monoisotopic (exact) mass is 342 g/mol. The van der Waals surface area contributed by atoms with Gasteiger partial charge in [-0.15, -0.1) is 0 Å². The van der Waals surface area contributed by atoms with Crippen LogP contribution in [0.5, 0.6) is 0 Å². The second-order valence-electron chi connectivity index (χ2n) is 4.31. The van der Waals surface area contributed by atoms with Crippen molar-refractivity contribution >= 4 is 39.2 Å². The largest absolute Gasteiger partial charge is 0.376 e. The molecule has 0 aromatic heterocycles. The van der Waals surface area contributed by atoms with Crippen molar-refractivity contribution in [2.24, 2.45) is 0 Å². The van der Waals surface area contributed by atoms with E-state index in [1.165, 1.54) is 0 Å². The third-order valence-electron chi connectivity index (χ3n) is 2.83. The number of amides is 1. The summed E-state index contributed by atoms with van der Waals surface area (Å²) in [5.74, 6) is -0.217. The molecule has 1 unspecified atom stereocenters. The molecule has 1 aliphatic rings. The first-order chi connectivity index (χ1) is 9.15. The van der Waals surface area contributed by atoms with Crippen molar-refractivity contribution in [3.05, 3.63) is 34.3 Å². The van der Waals surface area contributed by atoms with Gasteiger partial charge in [0.25, 0.3) is 5.91 Å². The van der Waals surface area contributed by atoms with E-state index in [2.05, 4.69) is 26.6 Å². The molecule has 2 N–H and O–H groups in total. The van der Waals surface area contributed by atoms with Crippen molar-refractivity contribution < 1.29 is 9.53 Å². The molecular formula is C13H15BrN2O2S. The van der Waals surface area contributed by atoms with Crippen molar-refractivity contribution in [1.29, 1.82) is 0 Å². The van der Waals surface area contributed by atoms with Crippen molar-refractivity contribution in [3.8, 4) is 0 Å². The van der Waals surface area contributed by atoms with Crippen LogP contribution in [0.2, 0.25) is 0 Å². The van der Waals surface area contributed by atoms with Gasteiger partial charge in [-0.2, -0.15) is 0 Å². The Bertz CT molecular complexity index is 475. The molecule has 0 radical (unpaired) electrons. The fraction of sp³-hybridized carbons (Fsp3) is 0.385. The average molecular weight is 343 g/mol. The van der Waals surface area contributed by atoms with Gasteiger partial charge < -0.3 is 10.1 Å². The van der Waals surface area contributed by atoms with Crippen LogP contribution in [0.25, 0.3) is 0 Å². The quantitative estimate of drug-likeness (QED) is 0.827. The predicted octanol–water partition coefficient (Wildman–Crippen LogP) is 2.23. The van der Waals surface area contributed by atoms with E-state index >= 15 is 0 Å². The molecule has 19 heavy (non-hydrogen) atoms. The fourth-order valence-electron chi connectivity index (χ4n) is 1.86. The molecule has 1 aromatic carbocycles. The first kappa shape index (κ1) is 14.4. The highest BCUT2D eigenvalue weighted by Crippen LogP contribution is 2.12. The lowest BCUT2D eigenvalue weighted by Crippen LogP contribution is -2.42. The number of carbonyl (C=O) groups excluding carboxylic acids is 1. The third-order valence-corrected chi connectivity index (χ3v) is 3.57. The molecule has 0 aliphatic carbocycles. The van der Waals surface area contributed by atoms with Crippen LogP contribution in [0.15, 0.2) is 28.7 Å². The van der Waals surface area contributed by atoms with E-state index in [9.17, 15) is 4.79 Å². The summed E-state index contributed by atoms with van der Waals surface area (Å²) >= 11 is 8.41. The summed E-state index contributed by atoms with van der Waals surface area (Å²) in [6, 6.07) is 7.16. The minimum absolute atomic E-state index is 0.195. The summed E-state index contributed by atoms with van der Waals surface area (Å²) in [5.41, 5.74) is 0.565. The molecule has 102 valence electrons. The Kier molecular flexibility index (Phi) is 5.30. The molecule has 1 saturated heterocycles. The van der Waals surface area contributed by atoms with Gasteiger partial charge in [-0.1, -0.05) is 22.0 Å². The van der Waals surface area contributed by atoms with Gasteiger partial charge in [-0.05, 0) is 43.3 Å². The van der Waals surface area contributed by atoms with E-state index in [0.29, 0.717) is 17.2 Å². The van der Waals surface area contributed by atoms with Gasteiger partial charge in [-0.25, -0.2) is 0 Å². The SMILES string of the molecule is O=C(NC(=S)NCC1CCCO1)c1cccc(Br)c1. The molecule has 2 rings (SSSR count). The van der Waals surface area contributed by atoms with E-state index in [-0.39, 0.29) is 12.0 Å². The molecule has 4 nitrogen and oxygen atoms in total. The van der Waals surface area contributed by atoms with Crippen LogP contribution < -0.4 is 10.6 Å². The number of nitrogens with one attached hydrogen (secondary N) is 2. The van der Waals surface area contributed by atoms with Crippen LogP contribution >= 0.6 is 28.1 Å². The van der Waals surface area contributed by atoms with Gasteiger partial charge in [0.05, 0.1) is 6.10 Å². The van der Waals surface area contributed by atoms with E-state index in [4.69, 9.17) is 17.0 Å². The van der Waals surface area contributed by atoms with Crippen LogP contribution in [0.3, 0.4) is 0 Å². The molecule has 6 heteroatoms. The summed E-state index contributed by atoms with van der Waals surface area (Å²) in [5, 5.41) is 5.99. The van der Waals surface area contributed by atoms with Gasteiger partial charge >= 0.3 is 0 Å². The number of hydrogen-bond donors (Lipinski definition) is 2. The Labute approximate surface area is 126 Å². The molecule has 0 spiro atoms. The number of rotatable bonds is 3. The zero-order valence-corrected chi connectivity index (χ0v) is 12.7. The van der Waals surface area contributed by atoms with Crippen LogP contribution in [0, 0.1) is 0 Å². The highest BCUT2D eigenvalue weighted by molar-refractivity contribution is 9.10. The number of benzene rings is 1. The second kappa shape index (κ2) is 6.98. The van der Waals surface area contributed by atoms with Crippen LogP contribution in [0.1, 0.15) is 23.2 Å². The van der Waals surface area contributed by atoms with E-state index in [1.807, 2.05) is 12.1 Å². The molecule has 0 saturated carbocycles. The van der Waals surface area contributed by atoms with Crippen LogP contribution in [-0.2, 0) is 4.74 Å². The number of halogens is 1. The average Bonchev–Trinajstić information content (AvgIpc) is 2.89. The highest BCUT2D eigenvalue weighted by atomic mass is 79.9. The standard InChI is InChI=1S/C13H15BrN2O2S/c14-10-4-1-3-9(7-10)12(17)16-13(19)15-8-11-5-2-6-18-11/h1,3-4,7,11H,2,5-6,8H2,(H2,15,16,17,19). The van der Waals surface area contributed by atoms with Gasteiger partial charge in [-0.3, -0.25) is 10.1 Å². The van der Waals surface area contributed by atoms with Gasteiger partial charge in [0.2, 0.25) is 0 Å². The number of hydrogen-bond acceptors (Lipinski definition) is 3. The van der Waals surface area contributed by atoms with Gasteiger partial charge in [0.15, 0.2) is 5.11 Å².